The highest BCUT2D eigenvalue weighted by molar-refractivity contribution is 7.90. The standard InChI is InChI=1S/C22H20FN3O5S/c23-13-8-9-15-14(11-13)20(28)18(22(29)26(15)10-2-3-12-6-7-12)21-24-19-16(27)4-1-5-17(19)32(30,31)25-21/h1,4-5,8-9,11-12,27-28H,2-3,6-7,10H2,(H,24,25). The van der Waals surface area contributed by atoms with Crippen molar-refractivity contribution in [2.75, 3.05) is 5.32 Å². The van der Waals surface area contributed by atoms with E-state index in [9.17, 15) is 27.8 Å². The third-order valence-corrected chi connectivity index (χ3v) is 7.18. The largest absolute Gasteiger partial charge is 0.506 e. The molecule has 0 radical (unpaired) electrons. The Hall–Kier alpha value is -3.40. The molecule has 1 fully saturated rings. The summed E-state index contributed by atoms with van der Waals surface area (Å²) in [4.78, 5) is 13.2. The molecule has 3 aromatic rings. The highest BCUT2D eigenvalue weighted by Crippen LogP contribution is 2.37. The molecular weight excluding hydrogens is 437 g/mol. The summed E-state index contributed by atoms with van der Waals surface area (Å²) >= 11 is 0. The quantitative estimate of drug-likeness (QED) is 0.506. The van der Waals surface area contributed by atoms with Gasteiger partial charge in [-0.25, -0.2) is 4.39 Å². The number of aryl methyl sites for hydroxylation is 1. The number of phenols is 1. The second-order valence-electron chi connectivity index (χ2n) is 8.12. The van der Waals surface area contributed by atoms with Gasteiger partial charge in [0.25, 0.3) is 15.6 Å². The number of nitrogens with one attached hydrogen (secondary N) is 1. The molecule has 1 aliphatic heterocycles. The van der Waals surface area contributed by atoms with Gasteiger partial charge in [-0.05, 0) is 49.1 Å². The van der Waals surface area contributed by atoms with Crippen LogP contribution in [0.1, 0.15) is 31.2 Å². The van der Waals surface area contributed by atoms with Crippen LogP contribution in [0.5, 0.6) is 11.5 Å². The van der Waals surface area contributed by atoms with E-state index in [2.05, 4.69) is 9.71 Å². The van der Waals surface area contributed by atoms with E-state index in [1.807, 2.05) is 0 Å². The van der Waals surface area contributed by atoms with Crippen LogP contribution in [0.25, 0.3) is 10.9 Å². The zero-order valence-electron chi connectivity index (χ0n) is 16.9. The van der Waals surface area contributed by atoms with E-state index in [1.54, 1.807) is 0 Å². The van der Waals surface area contributed by atoms with Crippen molar-refractivity contribution in [3.8, 4) is 11.5 Å². The predicted octanol–water partition coefficient (Wildman–Crippen LogP) is 3.30. The van der Waals surface area contributed by atoms with Crippen LogP contribution in [0.4, 0.5) is 10.1 Å². The predicted molar refractivity (Wildman–Crippen MR) is 117 cm³/mol. The molecule has 0 unspecified atom stereocenters. The van der Waals surface area contributed by atoms with Crippen LogP contribution in [0.2, 0.25) is 0 Å². The number of phenolic OH excluding ortho intramolecular Hbond substituents is 1. The van der Waals surface area contributed by atoms with Gasteiger partial charge in [0.1, 0.15) is 33.5 Å². The third kappa shape index (κ3) is 3.40. The Morgan fingerprint density at radius 1 is 1.19 bits per heavy atom. The molecule has 166 valence electrons. The number of hydrogen-bond donors (Lipinski definition) is 3. The Kier molecular flexibility index (Phi) is 4.70. The molecule has 1 saturated carbocycles. The summed E-state index contributed by atoms with van der Waals surface area (Å²) in [5, 5.41) is 23.8. The number of anilines is 1. The molecule has 2 aliphatic rings. The number of amidine groups is 1. The van der Waals surface area contributed by atoms with Gasteiger partial charge in [-0.15, -0.1) is 4.40 Å². The van der Waals surface area contributed by atoms with E-state index < -0.39 is 38.5 Å². The third-order valence-electron chi connectivity index (χ3n) is 5.87. The molecule has 2 heterocycles. The van der Waals surface area contributed by atoms with Gasteiger partial charge >= 0.3 is 0 Å². The number of fused-ring (bicyclic) bond motifs is 2. The normalized spacial score (nSPS) is 17.0. The minimum Gasteiger partial charge on any atom is -0.506 e. The van der Waals surface area contributed by atoms with Gasteiger partial charge in [0, 0.05) is 11.9 Å². The van der Waals surface area contributed by atoms with E-state index in [4.69, 9.17) is 0 Å². The van der Waals surface area contributed by atoms with Crippen LogP contribution < -0.4 is 10.9 Å². The van der Waals surface area contributed by atoms with E-state index in [1.165, 1.54) is 47.7 Å². The average molecular weight is 457 g/mol. The zero-order chi connectivity index (χ0) is 22.6. The van der Waals surface area contributed by atoms with Crippen molar-refractivity contribution in [1.82, 2.24) is 4.57 Å². The van der Waals surface area contributed by atoms with Crippen molar-refractivity contribution < 1.29 is 23.0 Å². The molecule has 0 saturated heterocycles. The van der Waals surface area contributed by atoms with Crippen LogP contribution in [-0.4, -0.2) is 29.0 Å². The Morgan fingerprint density at radius 3 is 2.72 bits per heavy atom. The lowest BCUT2D eigenvalue weighted by Crippen LogP contribution is -2.32. The van der Waals surface area contributed by atoms with Gasteiger partial charge in [0.05, 0.1) is 5.52 Å². The minimum atomic E-state index is -4.26. The van der Waals surface area contributed by atoms with Crippen LogP contribution in [0, 0.1) is 11.7 Å². The van der Waals surface area contributed by atoms with Crippen LogP contribution in [-0.2, 0) is 16.6 Å². The fourth-order valence-corrected chi connectivity index (χ4v) is 5.21. The molecule has 32 heavy (non-hydrogen) atoms. The number of rotatable bonds is 5. The Balaban J connectivity index is 1.71. The van der Waals surface area contributed by atoms with E-state index in [-0.39, 0.29) is 21.7 Å². The zero-order valence-corrected chi connectivity index (χ0v) is 17.7. The number of halogens is 1. The summed E-state index contributed by atoms with van der Waals surface area (Å²) in [6, 6.07) is 7.62. The summed E-state index contributed by atoms with van der Waals surface area (Å²) in [6.45, 7) is 0.326. The number of hydrogen-bond acceptors (Lipinski definition) is 6. The minimum absolute atomic E-state index is 0.0657. The summed E-state index contributed by atoms with van der Waals surface area (Å²) in [5.41, 5.74) is -0.850. The smallest absolute Gasteiger partial charge is 0.286 e. The maximum absolute atomic E-state index is 14.0. The van der Waals surface area contributed by atoms with Crippen LogP contribution in [0.3, 0.4) is 0 Å². The fourth-order valence-electron chi connectivity index (χ4n) is 4.07. The highest BCUT2D eigenvalue weighted by Gasteiger charge is 2.31. The Morgan fingerprint density at radius 2 is 1.97 bits per heavy atom. The lowest BCUT2D eigenvalue weighted by atomic mass is 10.1. The lowest BCUT2D eigenvalue weighted by molar-refractivity contribution is 0.474. The van der Waals surface area contributed by atoms with Gasteiger partial charge in [0.15, 0.2) is 5.84 Å². The number of benzene rings is 2. The molecule has 10 heteroatoms. The van der Waals surface area contributed by atoms with Crippen molar-refractivity contribution >= 4 is 32.4 Å². The number of aromatic nitrogens is 1. The molecule has 0 bridgehead atoms. The summed E-state index contributed by atoms with van der Waals surface area (Å²) in [6.07, 6.45) is 4.00. The first-order chi connectivity index (χ1) is 15.3. The highest BCUT2D eigenvalue weighted by atomic mass is 32.2. The Labute approximate surface area is 182 Å². The molecule has 3 N–H and O–H groups in total. The van der Waals surface area contributed by atoms with Gasteiger partial charge in [-0.2, -0.15) is 8.42 Å². The molecule has 1 aliphatic carbocycles. The molecule has 0 amide bonds. The van der Waals surface area contributed by atoms with Gasteiger partial charge < -0.3 is 20.1 Å². The first-order valence-corrected chi connectivity index (χ1v) is 11.7. The SMILES string of the molecule is O=c1c(C2=NS(=O)(=O)c3cccc(O)c3N2)c(O)c2cc(F)ccc2n1CCCC1CC1. The molecular formula is C22H20FN3O5S. The van der Waals surface area contributed by atoms with Crippen LogP contribution in [0.15, 0.2) is 50.5 Å². The molecule has 0 atom stereocenters. The van der Waals surface area contributed by atoms with E-state index in [0.29, 0.717) is 24.4 Å². The number of nitrogens with zero attached hydrogens (tertiary/aromatic N) is 2. The summed E-state index contributed by atoms with van der Waals surface area (Å²) in [7, 11) is -4.26. The van der Waals surface area contributed by atoms with Gasteiger partial charge in [-0.1, -0.05) is 18.9 Å². The van der Waals surface area contributed by atoms with Crippen molar-refractivity contribution in [2.45, 2.75) is 37.1 Å². The first kappa shape index (κ1) is 20.5. The number of sulfonamides is 1. The van der Waals surface area contributed by atoms with Crippen molar-refractivity contribution in [3.05, 3.63) is 58.1 Å². The van der Waals surface area contributed by atoms with E-state index in [0.717, 1.165) is 12.5 Å². The van der Waals surface area contributed by atoms with Gasteiger partial charge in [0.2, 0.25) is 0 Å². The van der Waals surface area contributed by atoms with Crippen LogP contribution >= 0.6 is 0 Å². The molecule has 0 spiro atoms. The van der Waals surface area contributed by atoms with Crippen molar-refractivity contribution in [3.63, 3.8) is 0 Å². The monoisotopic (exact) mass is 457 g/mol. The Bertz CT molecular complexity index is 1460. The number of pyridine rings is 1. The first-order valence-electron chi connectivity index (χ1n) is 10.3. The maximum Gasteiger partial charge on any atom is 0.286 e. The summed E-state index contributed by atoms with van der Waals surface area (Å²) in [5.74, 6) is -1.32. The van der Waals surface area contributed by atoms with Crippen molar-refractivity contribution in [2.24, 2.45) is 10.3 Å². The number of para-hydroxylation sites is 1. The number of aromatic hydroxyl groups is 2. The summed E-state index contributed by atoms with van der Waals surface area (Å²) < 4.78 is 44.5. The topological polar surface area (TPSA) is 121 Å². The second kappa shape index (κ2) is 7.33. The lowest BCUT2D eigenvalue weighted by Gasteiger charge is -2.21. The molecule has 5 rings (SSSR count). The maximum atomic E-state index is 14.0. The fraction of sp³-hybridized carbons (Fsp3) is 0.273. The second-order valence-corrected chi connectivity index (χ2v) is 9.69. The molecule has 1 aromatic heterocycles. The van der Waals surface area contributed by atoms with E-state index >= 15 is 0 Å². The van der Waals surface area contributed by atoms with Crippen molar-refractivity contribution in [1.29, 1.82) is 0 Å². The molecule has 8 nitrogen and oxygen atoms in total. The average Bonchev–Trinajstić information content (AvgIpc) is 3.56. The molecule has 2 aromatic carbocycles. The van der Waals surface area contributed by atoms with Gasteiger partial charge in [-0.3, -0.25) is 4.79 Å².